The summed E-state index contributed by atoms with van der Waals surface area (Å²) in [6.45, 7) is 4.23. The molecule has 2 fully saturated rings. The Morgan fingerprint density at radius 3 is 2.89 bits per heavy atom. The molecule has 1 aliphatic heterocycles. The molecule has 0 bridgehead atoms. The molecule has 1 saturated carbocycles. The van der Waals surface area contributed by atoms with Crippen LogP contribution < -0.4 is 5.73 Å². The van der Waals surface area contributed by atoms with Crippen molar-refractivity contribution in [2.75, 3.05) is 33.2 Å². The van der Waals surface area contributed by atoms with Crippen molar-refractivity contribution < 1.29 is 0 Å². The zero-order chi connectivity index (χ0) is 12.5. The molecule has 2 unspecified atom stereocenters. The molecule has 0 radical (unpaired) electrons. The molecule has 3 nitrogen and oxygen atoms in total. The highest BCUT2D eigenvalue weighted by atomic mass is 32.1. The molecule has 0 spiro atoms. The lowest BCUT2D eigenvalue weighted by molar-refractivity contribution is 0.0481. The first kappa shape index (κ1) is 12.6. The average molecular weight is 265 g/mol. The van der Waals surface area contributed by atoms with E-state index < -0.39 is 0 Å². The van der Waals surface area contributed by atoms with E-state index >= 15 is 0 Å². The van der Waals surface area contributed by atoms with Crippen LogP contribution in [0.15, 0.2) is 17.5 Å². The molecular weight excluding hydrogens is 242 g/mol. The molecule has 0 amide bonds. The highest BCUT2D eigenvalue weighted by Gasteiger charge is 2.40. The number of nitrogens with zero attached hydrogens (tertiary/aromatic N) is 2. The molecule has 0 aromatic carbocycles. The largest absolute Gasteiger partial charge is 0.329 e. The van der Waals surface area contributed by atoms with Gasteiger partial charge in [-0.15, -0.1) is 11.3 Å². The third-order valence-corrected chi connectivity index (χ3v) is 5.21. The van der Waals surface area contributed by atoms with E-state index in [4.69, 9.17) is 5.73 Å². The van der Waals surface area contributed by atoms with Crippen LogP contribution in [0, 0.1) is 5.92 Å². The molecule has 2 heterocycles. The van der Waals surface area contributed by atoms with Crippen LogP contribution in [0.1, 0.15) is 23.8 Å². The Hall–Kier alpha value is -0.420. The van der Waals surface area contributed by atoms with E-state index in [0.717, 1.165) is 25.6 Å². The maximum Gasteiger partial charge on any atom is 0.0474 e. The fraction of sp³-hybridized carbons (Fsp3) is 0.714. The third-order valence-electron chi connectivity index (χ3n) is 4.26. The smallest absolute Gasteiger partial charge is 0.0474 e. The molecule has 100 valence electrons. The van der Waals surface area contributed by atoms with Crippen molar-refractivity contribution in [2.45, 2.75) is 24.9 Å². The predicted molar refractivity (Wildman–Crippen MR) is 76.8 cm³/mol. The summed E-state index contributed by atoms with van der Waals surface area (Å²) in [5, 5.41) is 2.21. The second-order valence-electron chi connectivity index (χ2n) is 5.69. The van der Waals surface area contributed by atoms with Crippen LogP contribution in [-0.4, -0.2) is 49.1 Å². The Balaban J connectivity index is 1.81. The van der Waals surface area contributed by atoms with Crippen molar-refractivity contribution >= 4 is 11.3 Å². The molecule has 4 heteroatoms. The van der Waals surface area contributed by atoms with E-state index in [0.29, 0.717) is 12.1 Å². The molecule has 1 aromatic rings. The van der Waals surface area contributed by atoms with Crippen molar-refractivity contribution in [1.29, 1.82) is 0 Å². The Morgan fingerprint density at radius 2 is 2.28 bits per heavy atom. The van der Waals surface area contributed by atoms with Gasteiger partial charge >= 0.3 is 0 Å². The number of hydrogen-bond donors (Lipinski definition) is 1. The van der Waals surface area contributed by atoms with Gasteiger partial charge in [0.15, 0.2) is 0 Å². The molecule has 1 aliphatic carbocycles. The van der Waals surface area contributed by atoms with Crippen LogP contribution in [-0.2, 0) is 0 Å². The zero-order valence-electron chi connectivity index (χ0n) is 11.1. The van der Waals surface area contributed by atoms with Gasteiger partial charge in [0, 0.05) is 43.1 Å². The van der Waals surface area contributed by atoms with Crippen LogP contribution in [0.4, 0.5) is 0 Å². The first-order valence-corrected chi connectivity index (χ1v) is 7.85. The van der Waals surface area contributed by atoms with Crippen LogP contribution in [0.2, 0.25) is 0 Å². The van der Waals surface area contributed by atoms with Crippen molar-refractivity contribution in [3.8, 4) is 0 Å². The highest BCUT2D eigenvalue weighted by Crippen LogP contribution is 2.46. The summed E-state index contributed by atoms with van der Waals surface area (Å²) in [5.41, 5.74) is 6.00. The fourth-order valence-corrected chi connectivity index (χ4v) is 4.08. The van der Waals surface area contributed by atoms with Gasteiger partial charge in [-0.1, -0.05) is 6.07 Å². The lowest BCUT2D eigenvalue weighted by Crippen LogP contribution is -2.56. The lowest BCUT2D eigenvalue weighted by atomic mass is 10.0. The van der Waals surface area contributed by atoms with Crippen molar-refractivity contribution in [1.82, 2.24) is 9.80 Å². The molecule has 2 atom stereocenters. The molecular formula is C14H23N3S. The van der Waals surface area contributed by atoms with Crippen LogP contribution >= 0.6 is 11.3 Å². The Morgan fingerprint density at radius 1 is 1.44 bits per heavy atom. The summed E-state index contributed by atoms with van der Waals surface area (Å²) in [4.78, 5) is 6.64. The van der Waals surface area contributed by atoms with E-state index in [1.807, 2.05) is 11.3 Å². The SMILES string of the molecule is CN1CCN(C(c2cccs2)C2CC2)C(CN)C1. The summed E-state index contributed by atoms with van der Waals surface area (Å²) in [6.07, 6.45) is 2.79. The van der Waals surface area contributed by atoms with Crippen molar-refractivity contribution in [2.24, 2.45) is 11.7 Å². The number of piperazine rings is 1. The van der Waals surface area contributed by atoms with E-state index in [1.165, 1.54) is 19.4 Å². The van der Waals surface area contributed by atoms with E-state index in [9.17, 15) is 0 Å². The molecule has 1 saturated heterocycles. The van der Waals surface area contributed by atoms with Crippen molar-refractivity contribution in [3.63, 3.8) is 0 Å². The van der Waals surface area contributed by atoms with Gasteiger partial charge in [-0.2, -0.15) is 0 Å². The quantitative estimate of drug-likeness (QED) is 0.900. The van der Waals surface area contributed by atoms with Crippen molar-refractivity contribution in [3.05, 3.63) is 22.4 Å². The lowest BCUT2D eigenvalue weighted by Gasteiger charge is -2.44. The summed E-state index contributed by atoms with van der Waals surface area (Å²) >= 11 is 1.91. The number of thiophene rings is 1. The molecule has 18 heavy (non-hydrogen) atoms. The van der Waals surface area contributed by atoms with Gasteiger partial charge in [-0.25, -0.2) is 0 Å². The number of nitrogens with two attached hydrogens (primary N) is 1. The van der Waals surface area contributed by atoms with Gasteiger partial charge < -0.3 is 10.6 Å². The molecule has 3 rings (SSSR count). The summed E-state index contributed by atoms with van der Waals surface area (Å²) in [5.74, 6) is 0.876. The first-order valence-electron chi connectivity index (χ1n) is 6.97. The number of likely N-dealkylation sites (N-methyl/N-ethyl adjacent to an activating group) is 1. The molecule has 2 aliphatic rings. The minimum atomic E-state index is 0.524. The summed E-state index contributed by atoms with van der Waals surface area (Å²) in [7, 11) is 2.21. The zero-order valence-corrected chi connectivity index (χ0v) is 11.9. The Bertz CT molecular complexity index is 374. The van der Waals surface area contributed by atoms with Crippen LogP contribution in [0.25, 0.3) is 0 Å². The van der Waals surface area contributed by atoms with Gasteiger partial charge in [0.05, 0.1) is 0 Å². The first-order chi connectivity index (χ1) is 8.79. The fourth-order valence-electron chi connectivity index (χ4n) is 3.14. The highest BCUT2D eigenvalue weighted by molar-refractivity contribution is 7.10. The Kier molecular flexibility index (Phi) is 3.71. The van der Waals surface area contributed by atoms with E-state index in [-0.39, 0.29) is 0 Å². The van der Waals surface area contributed by atoms with Crippen LogP contribution in [0.3, 0.4) is 0 Å². The standard InChI is InChI=1S/C14H23N3S/c1-16-6-7-17(12(9-15)10-16)14(11-4-5-11)13-3-2-8-18-13/h2-3,8,11-12,14H,4-7,9-10,15H2,1H3. The second-order valence-corrected chi connectivity index (χ2v) is 6.67. The maximum absolute atomic E-state index is 6.00. The minimum Gasteiger partial charge on any atom is -0.329 e. The molecule has 2 N–H and O–H groups in total. The van der Waals surface area contributed by atoms with Gasteiger partial charge in [0.1, 0.15) is 0 Å². The third kappa shape index (κ3) is 2.48. The second kappa shape index (κ2) is 5.29. The average Bonchev–Trinajstić information content (AvgIpc) is 3.06. The summed E-state index contributed by atoms with van der Waals surface area (Å²) < 4.78 is 0. The van der Waals surface area contributed by atoms with Crippen LogP contribution in [0.5, 0.6) is 0 Å². The van der Waals surface area contributed by atoms with Gasteiger partial charge in [0.2, 0.25) is 0 Å². The Labute approximate surface area is 114 Å². The normalized spacial score (nSPS) is 28.4. The topological polar surface area (TPSA) is 32.5 Å². The predicted octanol–water partition coefficient (Wildman–Crippen LogP) is 1.77. The van der Waals surface area contributed by atoms with Gasteiger partial charge in [-0.05, 0) is 37.3 Å². The van der Waals surface area contributed by atoms with E-state index in [2.05, 4.69) is 34.4 Å². The number of hydrogen-bond acceptors (Lipinski definition) is 4. The minimum absolute atomic E-state index is 0.524. The van der Waals surface area contributed by atoms with Gasteiger partial charge in [0.25, 0.3) is 0 Å². The monoisotopic (exact) mass is 265 g/mol. The maximum atomic E-state index is 6.00. The van der Waals surface area contributed by atoms with E-state index in [1.54, 1.807) is 4.88 Å². The van der Waals surface area contributed by atoms with Gasteiger partial charge in [-0.3, -0.25) is 4.90 Å². The number of rotatable bonds is 4. The molecule has 1 aromatic heterocycles. The summed E-state index contributed by atoms with van der Waals surface area (Å²) in [6, 6.07) is 5.64.